The van der Waals surface area contributed by atoms with Gasteiger partial charge in [0.15, 0.2) is 17.2 Å². The molecule has 1 amide bonds. The Morgan fingerprint density at radius 2 is 1.83 bits per heavy atom. The SMILES string of the molecule is CC[C@@]1(O)C(=O)OCc2c1cc1n(c2=O)Cc2c-1nc1cc(F)c(OC)cc1c2CN1CC[N+](C)(Cc2ccc(NC(=O)[C@H](C)NC(C)C)cc2)CC1. The quantitative estimate of drug-likeness (QED) is 0.144. The van der Waals surface area contributed by atoms with Gasteiger partial charge < -0.3 is 34.3 Å². The summed E-state index contributed by atoms with van der Waals surface area (Å²) in [4.78, 5) is 46.4. The molecule has 3 aliphatic heterocycles. The van der Waals surface area contributed by atoms with Crippen molar-refractivity contribution < 1.29 is 33.0 Å². The molecule has 53 heavy (non-hydrogen) atoms. The minimum absolute atomic E-state index is 0.0434. The van der Waals surface area contributed by atoms with E-state index >= 15 is 4.39 Å². The number of amides is 1. The third-order valence-electron chi connectivity index (χ3n) is 11.1. The van der Waals surface area contributed by atoms with Crippen LogP contribution in [-0.4, -0.2) is 88.3 Å². The molecule has 3 N–H and O–H groups in total. The van der Waals surface area contributed by atoms with Crippen molar-refractivity contribution in [3.63, 3.8) is 0 Å². The maximum atomic E-state index is 15.1. The van der Waals surface area contributed by atoms with E-state index in [4.69, 9.17) is 14.5 Å². The first-order valence-electron chi connectivity index (χ1n) is 18.3. The minimum atomic E-state index is -1.94. The van der Waals surface area contributed by atoms with Gasteiger partial charge in [0.1, 0.15) is 13.2 Å². The van der Waals surface area contributed by atoms with Crippen molar-refractivity contribution in [3.8, 4) is 17.1 Å². The lowest BCUT2D eigenvalue weighted by Gasteiger charge is -2.42. The number of halogens is 1. The summed E-state index contributed by atoms with van der Waals surface area (Å²) in [6.07, 6.45) is 0.0434. The average molecular weight is 728 g/mol. The third kappa shape index (κ3) is 6.71. The van der Waals surface area contributed by atoms with E-state index in [1.54, 1.807) is 23.6 Å². The van der Waals surface area contributed by atoms with Crippen molar-refractivity contribution in [1.29, 1.82) is 0 Å². The molecule has 0 spiro atoms. The first-order chi connectivity index (χ1) is 25.2. The summed E-state index contributed by atoms with van der Waals surface area (Å²) >= 11 is 0. The molecule has 1 saturated heterocycles. The Morgan fingerprint density at radius 3 is 2.49 bits per heavy atom. The monoisotopic (exact) mass is 727 g/mol. The number of nitrogens with one attached hydrogen (secondary N) is 2. The second-order valence-electron chi connectivity index (χ2n) is 15.3. The first-order valence-corrected chi connectivity index (χ1v) is 18.3. The van der Waals surface area contributed by atoms with Crippen molar-refractivity contribution in [2.75, 3.05) is 45.7 Å². The van der Waals surface area contributed by atoms with Crippen LogP contribution in [0.5, 0.6) is 5.75 Å². The van der Waals surface area contributed by atoms with E-state index in [1.165, 1.54) is 18.7 Å². The molecule has 0 unspecified atom stereocenters. The van der Waals surface area contributed by atoms with Gasteiger partial charge in [-0.3, -0.25) is 14.5 Å². The largest absolute Gasteiger partial charge is 0.494 e. The van der Waals surface area contributed by atoms with Crippen molar-refractivity contribution in [3.05, 3.63) is 86.5 Å². The summed E-state index contributed by atoms with van der Waals surface area (Å²) in [5.41, 5.74) is 3.42. The smallest absolute Gasteiger partial charge is 0.343 e. The normalized spacial score (nSPS) is 19.8. The molecular formula is C40H48FN6O6+. The number of hydrogen-bond donors (Lipinski definition) is 3. The summed E-state index contributed by atoms with van der Waals surface area (Å²) in [6.45, 7) is 12.4. The molecule has 2 atom stereocenters. The molecule has 0 saturated carbocycles. The van der Waals surface area contributed by atoms with E-state index in [2.05, 4.69) is 34.7 Å². The van der Waals surface area contributed by atoms with Crippen LogP contribution in [0.3, 0.4) is 0 Å². The van der Waals surface area contributed by atoms with Gasteiger partial charge >= 0.3 is 5.97 Å². The first kappa shape index (κ1) is 36.7. The zero-order chi connectivity index (χ0) is 37.8. The van der Waals surface area contributed by atoms with Crippen molar-refractivity contribution in [2.45, 2.75) is 78.0 Å². The molecule has 2 aromatic carbocycles. The molecule has 280 valence electrons. The molecule has 7 rings (SSSR count). The van der Waals surface area contributed by atoms with E-state index in [1.807, 2.05) is 32.9 Å². The van der Waals surface area contributed by atoms with Crippen LogP contribution in [0.1, 0.15) is 61.9 Å². The number of quaternary nitrogens is 1. The number of aliphatic hydroxyl groups is 1. The summed E-state index contributed by atoms with van der Waals surface area (Å²) in [7, 11) is 3.69. The van der Waals surface area contributed by atoms with Gasteiger partial charge in [0.05, 0.1) is 62.3 Å². The van der Waals surface area contributed by atoms with Gasteiger partial charge in [0, 0.05) is 59.5 Å². The Labute approximate surface area is 308 Å². The molecule has 5 heterocycles. The average Bonchev–Trinajstić information content (AvgIpc) is 3.49. The number of ether oxygens (including phenoxy) is 2. The van der Waals surface area contributed by atoms with Crippen molar-refractivity contribution >= 4 is 28.5 Å². The second-order valence-corrected chi connectivity index (χ2v) is 15.3. The number of methoxy groups -OCH3 is 1. The summed E-state index contributed by atoms with van der Waals surface area (Å²) in [6, 6.07) is 12.7. The highest BCUT2D eigenvalue weighted by molar-refractivity contribution is 5.94. The molecule has 0 aliphatic carbocycles. The molecule has 1 fully saturated rings. The van der Waals surface area contributed by atoms with Gasteiger partial charge in [-0.1, -0.05) is 32.9 Å². The van der Waals surface area contributed by atoms with Gasteiger partial charge in [-0.15, -0.1) is 0 Å². The Kier molecular flexibility index (Phi) is 9.64. The number of benzene rings is 2. The molecule has 2 aromatic heterocycles. The number of rotatable bonds is 10. The highest BCUT2D eigenvalue weighted by Crippen LogP contribution is 2.41. The summed E-state index contributed by atoms with van der Waals surface area (Å²) in [5, 5.41) is 18.3. The number of likely N-dealkylation sites (N-methyl/N-ethyl adjacent to an activating group) is 1. The van der Waals surface area contributed by atoms with Crippen LogP contribution in [0.4, 0.5) is 10.1 Å². The van der Waals surface area contributed by atoms with Gasteiger partial charge in [0.25, 0.3) is 5.56 Å². The van der Waals surface area contributed by atoms with Crippen molar-refractivity contribution in [1.82, 2.24) is 19.8 Å². The Morgan fingerprint density at radius 1 is 1.11 bits per heavy atom. The number of carbonyl (C=O) groups is 2. The van der Waals surface area contributed by atoms with Crippen LogP contribution < -0.4 is 20.9 Å². The Balaban J connectivity index is 1.13. The number of cyclic esters (lactones) is 1. The van der Waals surface area contributed by atoms with Crippen molar-refractivity contribution in [2.24, 2.45) is 0 Å². The Bertz CT molecular complexity index is 2160. The van der Waals surface area contributed by atoms with Crippen LogP contribution >= 0.6 is 0 Å². The fraction of sp³-hybridized carbons (Fsp3) is 0.450. The molecule has 13 heteroatoms. The number of pyridine rings is 2. The van der Waals surface area contributed by atoms with E-state index < -0.39 is 17.4 Å². The number of carbonyl (C=O) groups excluding carboxylic acids is 2. The fourth-order valence-electron chi connectivity index (χ4n) is 7.99. The van der Waals surface area contributed by atoms with Crippen LogP contribution in [0, 0.1) is 5.82 Å². The lowest BCUT2D eigenvalue weighted by atomic mass is 9.86. The zero-order valence-electron chi connectivity index (χ0n) is 31.2. The fourth-order valence-corrected chi connectivity index (χ4v) is 7.99. The number of aromatic nitrogens is 2. The number of piperazine rings is 1. The van der Waals surface area contributed by atoms with Gasteiger partial charge in [0.2, 0.25) is 5.91 Å². The highest BCUT2D eigenvalue weighted by Gasteiger charge is 2.45. The maximum Gasteiger partial charge on any atom is 0.343 e. The van der Waals surface area contributed by atoms with Crippen LogP contribution in [0.25, 0.3) is 22.3 Å². The predicted molar refractivity (Wildman–Crippen MR) is 199 cm³/mol. The van der Waals surface area contributed by atoms with E-state index in [0.717, 1.165) is 59.4 Å². The number of fused-ring (bicyclic) bond motifs is 5. The van der Waals surface area contributed by atoms with E-state index in [-0.39, 0.29) is 60.0 Å². The van der Waals surface area contributed by atoms with E-state index in [0.29, 0.717) is 23.4 Å². The third-order valence-corrected chi connectivity index (χ3v) is 11.1. The highest BCUT2D eigenvalue weighted by atomic mass is 19.1. The summed E-state index contributed by atoms with van der Waals surface area (Å²) in [5.74, 6) is -1.27. The van der Waals surface area contributed by atoms with Gasteiger partial charge in [-0.2, -0.15) is 0 Å². The van der Waals surface area contributed by atoms with E-state index in [9.17, 15) is 19.5 Å². The predicted octanol–water partition coefficient (Wildman–Crippen LogP) is 4.01. The molecular weight excluding hydrogens is 679 g/mol. The minimum Gasteiger partial charge on any atom is -0.494 e. The maximum absolute atomic E-state index is 15.1. The number of hydrogen-bond acceptors (Lipinski definition) is 9. The lowest BCUT2D eigenvalue weighted by molar-refractivity contribution is -0.926. The van der Waals surface area contributed by atoms with Gasteiger partial charge in [-0.05, 0) is 43.2 Å². The molecule has 4 aromatic rings. The van der Waals surface area contributed by atoms with Crippen LogP contribution in [-0.2, 0) is 46.2 Å². The molecule has 3 aliphatic rings. The van der Waals surface area contributed by atoms with Gasteiger partial charge in [-0.25, -0.2) is 14.2 Å². The summed E-state index contributed by atoms with van der Waals surface area (Å²) < 4.78 is 28.2. The second kappa shape index (κ2) is 13.9. The lowest BCUT2D eigenvalue weighted by Crippen LogP contribution is -2.56. The number of nitrogens with zero attached hydrogens (tertiary/aromatic N) is 4. The molecule has 0 radical (unpaired) electrons. The molecule has 12 nitrogen and oxygen atoms in total. The standard InChI is InChI=1S/C40H47FN6O6/c1-7-40(51)31-17-34-36-29(20-46(34)38(49)30(31)22-53-39(40)50)28(27-16-35(52-6)32(41)18-33(27)44-36)19-45-12-14-47(5,15-13-45)21-25-8-10-26(11-9-25)43-37(48)24(4)42-23(2)3/h8-11,16-18,23-24,42,51H,7,12-15,19-22H2,1-6H3/p+1/t24-,40-/m0/s1. The zero-order valence-corrected chi connectivity index (χ0v) is 31.2. The van der Waals surface area contributed by atoms with Crippen LogP contribution in [0.2, 0.25) is 0 Å². The number of anilines is 1. The molecule has 0 bridgehead atoms. The van der Waals surface area contributed by atoms with Crippen LogP contribution in [0.15, 0.2) is 47.3 Å². The number of esters is 1. The topological polar surface area (TPSA) is 135 Å². The Hall–Kier alpha value is -4.69.